The number of aromatic carboxylic acids is 1. The molecule has 0 saturated heterocycles. The van der Waals surface area contributed by atoms with E-state index in [0.29, 0.717) is 24.1 Å². The third kappa shape index (κ3) is 2.63. The quantitative estimate of drug-likeness (QED) is 0.642. The minimum Gasteiger partial charge on any atom is -0.477 e. The average Bonchev–Trinajstić information content (AvgIpc) is 3.06. The Morgan fingerprint density at radius 3 is 2.76 bits per heavy atom. The molecule has 2 saturated carbocycles. The van der Waals surface area contributed by atoms with Crippen LogP contribution in [0.4, 0.5) is 5.69 Å². The van der Waals surface area contributed by atoms with Crippen LogP contribution in [0.25, 0.3) is 0 Å². The van der Waals surface area contributed by atoms with Crippen molar-refractivity contribution in [3.05, 3.63) is 39.4 Å². The summed E-state index contributed by atoms with van der Waals surface area (Å²) in [6, 6.07) is 4.86. The number of nitrogens with one attached hydrogen (secondary N) is 1. The zero-order valence-electron chi connectivity index (χ0n) is 11.6. The van der Waals surface area contributed by atoms with Crippen LogP contribution in [0.2, 0.25) is 0 Å². The van der Waals surface area contributed by atoms with Crippen LogP contribution in [-0.2, 0) is 6.54 Å². The molecule has 0 aromatic heterocycles. The van der Waals surface area contributed by atoms with Gasteiger partial charge in [-0.1, -0.05) is 18.6 Å². The highest BCUT2D eigenvalue weighted by Crippen LogP contribution is 2.44. The van der Waals surface area contributed by atoms with Crippen LogP contribution in [0.1, 0.15) is 41.6 Å². The van der Waals surface area contributed by atoms with E-state index >= 15 is 0 Å². The second-order valence-corrected chi connectivity index (χ2v) is 6.04. The van der Waals surface area contributed by atoms with Gasteiger partial charge >= 0.3 is 5.97 Å². The molecule has 6 heteroatoms. The Balaban J connectivity index is 1.77. The fraction of sp³-hybridized carbons (Fsp3) is 0.533. The van der Waals surface area contributed by atoms with Gasteiger partial charge in [-0.3, -0.25) is 10.1 Å². The molecule has 1 aromatic rings. The Morgan fingerprint density at radius 2 is 2.19 bits per heavy atom. The van der Waals surface area contributed by atoms with Gasteiger partial charge in [-0.2, -0.15) is 0 Å². The summed E-state index contributed by atoms with van der Waals surface area (Å²) in [5, 5.41) is 23.6. The molecular formula is C15H18N2O4. The first-order chi connectivity index (χ1) is 10.1. The van der Waals surface area contributed by atoms with Gasteiger partial charge in [0.25, 0.3) is 5.69 Å². The van der Waals surface area contributed by atoms with Gasteiger partial charge in [0.15, 0.2) is 0 Å². The number of benzene rings is 1. The SMILES string of the molecule is O=C(O)c1c(CNC2CC3CCC2C3)cccc1[N+](=O)[O-]. The molecule has 0 radical (unpaired) electrons. The van der Waals surface area contributed by atoms with Crippen LogP contribution in [0.5, 0.6) is 0 Å². The van der Waals surface area contributed by atoms with E-state index in [-0.39, 0.29) is 11.3 Å². The van der Waals surface area contributed by atoms with Gasteiger partial charge in [-0.25, -0.2) is 4.79 Å². The van der Waals surface area contributed by atoms with Gasteiger partial charge in [0.05, 0.1) is 4.92 Å². The van der Waals surface area contributed by atoms with Gasteiger partial charge < -0.3 is 10.4 Å². The number of carbonyl (C=O) groups is 1. The maximum atomic E-state index is 11.3. The molecular weight excluding hydrogens is 272 g/mol. The maximum Gasteiger partial charge on any atom is 0.343 e. The molecule has 2 N–H and O–H groups in total. The molecule has 3 rings (SSSR count). The summed E-state index contributed by atoms with van der Waals surface area (Å²) < 4.78 is 0. The van der Waals surface area contributed by atoms with Gasteiger partial charge in [-0.15, -0.1) is 0 Å². The summed E-state index contributed by atoms with van der Waals surface area (Å²) in [4.78, 5) is 21.7. The first-order valence-electron chi connectivity index (χ1n) is 7.29. The molecule has 2 bridgehead atoms. The highest BCUT2D eigenvalue weighted by Gasteiger charge is 2.39. The van der Waals surface area contributed by atoms with Crippen molar-refractivity contribution in [2.75, 3.05) is 0 Å². The van der Waals surface area contributed by atoms with Gasteiger partial charge in [0.2, 0.25) is 0 Å². The minimum absolute atomic E-state index is 0.196. The summed E-state index contributed by atoms with van der Waals surface area (Å²) in [7, 11) is 0. The minimum atomic E-state index is -1.24. The number of nitro benzene ring substituents is 1. The highest BCUT2D eigenvalue weighted by atomic mass is 16.6. The van der Waals surface area contributed by atoms with Crippen LogP contribution in [0.15, 0.2) is 18.2 Å². The van der Waals surface area contributed by atoms with Crippen LogP contribution >= 0.6 is 0 Å². The van der Waals surface area contributed by atoms with Crippen molar-refractivity contribution in [1.29, 1.82) is 0 Å². The predicted molar refractivity (Wildman–Crippen MR) is 76.1 cm³/mol. The van der Waals surface area contributed by atoms with Crippen LogP contribution in [0, 0.1) is 22.0 Å². The molecule has 0 amide bonds. The summed E-state index contributed by atoms with van der Waals surface area (Å²) in [6.07, 6.45) is 4.95. The molecule has 6 nitrogen and oxygen atoms in total. The first kappa shape index (κ1) is 14.0. The van der Waals surface area contributed by atoms with Gasteiger partial charge in [-0.05, 0) is 36.7 Å². The van der Waals surface area contributed by atoms with E-state index in [9.17, 15) is 20.0 Å². The molecule has 0 spiro atoms. The molecule has 1 aromatic carbocycles. The molecule has 21 heavy (non-hydrogen) atoms. The van der Waals surface area contributed by atoms with Crippen molar-refractivity contribution in [2.24, 2.45) is 11.8 Å². The Hall–Kier alpha value is -1.95. The fourth-order valence-corrected chi connectivity index (χ4v) is 3.87. The lowest BCUT2D eigenvalue weighted by molar-refractivity contribution is -0.385. The highest BCUT2D eigenvalue weighted by molar-refractivity contribution is 5.94. The van der Waals surface area contributed by atoms with Crippen molar-refractivity contribution in [3.8, 4) is 0 Å². The Labute approximate surface area is 122 Å². The normalized spacial score (nSPS) is 27.0. The van der Waals surface area contributed by atoms with Gasteiger partial charge in [0, 0.05) is 18.7 Å². The van der Waals surface area contributed by atoms with Gasteiger partial charge in [0.1, 0.15) is 5.56 Å². The molecule has 0 aliphatic heterocycles. The maximum absolute atomic E-state index is 11.3. The topological polar surface area (TPSA) is 92.5 Å². The molecule has 3 unspecified atom stereocenters. The summed E-state index contributed by atoms with van der Waals surface area (Å²) >= 11 is 0. The second kappa shape index (κ2) is 5.44. The van der Waals surface area contributed by atoms with Crippen molar-refractivity contribution >= 4 is 11.7 Å². The first-order valence-corrected chi connectivity index (χ1v) is 7.29. The third-order valence-electron chi connectivity index (χ3n) is 4.83. The van der Waals surface area contributed by atoms with Crippen LogP contribution in [-0.4, -0.2) is 22.0 Å². The van der Waals surface area contributed by atoms with E-state index < -0.39 is 10.9 Å². The van der Waals surface area contributed by atoms with E-state index in [0.717, 1.165) is 12.3 Å². The standard InChI is InChI=1S/C15H18N2O4/c18-15(19)14-11(2-1-3-13(14)17(20)21)8-16-12-7-9-4-5-10(12)6-9/h1-3,9-10,12,16H,4-8H2,(H,18,19). The van der Waals surface area contributed by atoms with E-state index in [1.165, 1.54) is 25.3 Å². The lowest BCUT2D eigenvalue weighted by Crippen LogP contribution is -2.33. The number of hydrogen-bond donors (Lipinski definition) is 2. The third-order valence-corrected chi connectivity index (χ3v) is 4.83. The molecule has 2 fully saturated rings. The van der Waals surface area contributed by atoms with E-state index in [1.807, 2.05) is 0 Å². The Bertz CT molecular complexity index is 587. The molecule has 112 valence electrons. The van der Waals surface area contributed by atoms with E-state index in [4.69, 9.17) is 0 Å². The fourth-order valence-electron chi connectivity index (χ4n) is 3.87. The number of carboxylic acid groups (broad SMARTS) is 1. The zero-order valence-corrected chi connectivity index (χ0v) is 11.6. The number of hydrogen-bond acceptors (Lipinski definition) is 4. The smallest absolute Gasteiger partial charge is 0.343 e. The largest absolute Gasteiger partial charge is 0.477 e. The summed E-state index contributed by atoms with van der Waals surface area (Å²) in [5.41, 5.74) is -0.0487. The second-order valence-electron chi connectivity index (χ2n) is 6.04. The number of nitro groups is 1. The molecule has 2 aliphatic carbocycles. The Kier molecular flexibility index (Phi) is 3.63. The summed E-state index contributed by atoms with van der Waals surface area (Å²) in [5.74, 6) is 0.241. The predicted octanol–water partition coefficient (Wildman–Crippen LogP) is 2.57. The van der Waals surface area contributed by atoms with E-state index in [2.05, 4.69) is 5.32 Å². The van der Waals surface area contributed by atoms with Crippen molar-refractivity contribution in [3.63, 3.8) is 0 Å². The molecule has 0 heterocycles. The lowest BCUT2D eigenvalue weighted by Gasteiger charge is -2.23. The van der Waals surface area contributed by atoms with Crippen LogP contribution in [0.3, 0.4) is 0 Å². The number of nitrogens with zero attached hydrogens (tertiary/aromatic N) is 1. The lowest BCUT2D eigenvalue weighted by atomic mass is 9.95. The summed E-state index contributed by atoms with van der Waals surface area (Å²) in [6.45, 7) is 0.372. The monoisotopic (exact) mass is 290 g/mol. The Morgan fingerprint density at radius 1 is 1.38 bits per heavy atom. The molecule has 2 aliphatic rings. The molecule has 3 atom stereocenters. The van der Waals surface area contributed by atoms with Crippen molar-refractivity contribution in [1.82, 2.24) is 5.32 Å². The van der Waals surface area contributed by atoms with E-state index in [1.54, 1.807) is 12.1 Å². The number of rotatable bonds is 5. The number of carboxylic acids is 1. The van der Waals surface area contributed by atoms with Crippen LogP contribution < -0.4 is 5.32 Å². The van der Waals surface area contributed by atoms with Crippen molar-refractivity contribution in [2.45, 2.75) is 38.3 Å². The average molecular weight is 290 g/mol. The van der Waals surface area contributed by atoms with Crippen molar-refractivity contribution < 1.29 is 14.8 Å². The number of fused-ring (bicyclic) bond motifs is 2. The zero-order chi connectivity index (χ0) is 15.0.